The van der Waals surface area contributed by atoms with Crippen LogP contribution in [0.1, 0.15) is 18.4 Å². The van der Waals surface area contributed by atoms with Gasteiger partial charge in [-0.25, -0.2) is 4.39 Å². The average molecular weight is 241 g/mol. The lowest BCUT2D eigenvalue weighted by Gasteiger charge is -2.32. The molecule has 1 aromatic carbocycles. The zero-order valence-electron chi connectivity index (χ0n) is 8.45. The second-order valence-electron chi connectivity index (χ2n) is 3.61. The lowest BCUT2D eigenvalue weighted by Crippen LogP contribution is -2.36. The normalized spacial score (nSPS) is 23.9. The largest absolute Gasteiger partial charge is 0.481 e. The lowest BCUT2D eigenvalue weighted by molar-refractivity contribution is -0.132. The predicted octanol–water partition coefficient (Wildman–Crippen LogP) is 3.11. The van der Waals surface area contributed by atoms with Gasteiger partial charge in [0.1, 0.15) is 5.82 Å². The van der Waals surface area contributed by atoms with Crippen molar-refractivity contribution in [2.45, 2.75) is 18.4 Å². The van der Waals surface area contributed by atoms with Gasteiger partial charge >= 0.3 is 0 Å². The standard InChI is InChI=1S/C12H10ClFO2/c13-11(15)12(7-3-4-8-16-12)9-5-1-2-6-10(9)14/h1-2,4-6,8H,3,7H2/t12-/m0/s1. The van der Waals surface area contributed by atoms with E-state index in [1.807, 2.05) is 0 Å². The van der Waals surface area contributed by atoms with Gasteiger partial charge in [-0.05, 0) is 30.2 Å². The number of benzene rings is 1. The summed E-state index contributed by atoms with van der Waals surface area (Å²) in [6, 6.07) is 6.03. The quantitative estimate of drug-likeness (QED) is 0.743. The topological polar surface area (TPSA) is 26.3 Å². The molecule has 0 N–H and O–H groups in total. The van der Waals surface area contributed by atoms with Crippen LogP contribution in [0, 0.1) is 5.82 Å². The first kappa shape index (κ1) is 11.1. The molecule has 0 unspecified atom stereocenters. The Kier molecular flexibility index (Phi) is 2.97. The van der Waals surface area contributed by atoms with Crippen LogP contribution in [0.5, 0.6) is 0 Å². The summed E-state index contributed by atoms with van der Waals surface area (Å²) in [5, 5.41) is -0.693. The summed E-state index contributed by atoms with van der Waals surface area (Å²) < 4.78 is 19.0. The maximum absolute atomic E-state index is 13.7. The smallest absolute Gasteiger partial charge is 0.270 e. The van der Waals surface area contributed by atoms with Crippen molar-refractivity contribution in [3.63, 3.8) is 0 Å². The van der Waals surface area contributed by atoms with Crippen molar-refractivity contribution in [2.75, 3.05) is 0 Å². The minimum atomic E-state index is -1.37. The van der Waals surface area contributed by atoms with Crippen LogP contribution in [0.3, 0.4) is 0 Å². The monoisotopic (exact) mass is 240 g/mol. The average Bonchev–Trinajstić information content (AvgIpc) is 2.30. The van der Waals surface area contributed by atoms with Crippen molar-refractivity contribution in [3.8, 4) is 0 Å². The van der Waals surface area contributed by atoms with Gasteiger partial charge in [0.25, 0.3) is 5.24 Å². The second kappa shape index (κ2) is 4.26. The van der Waals surface area contributed by atoms with E-state index in [9.17, 15) is 9.18 Å². The van der Waals surface area contributed by atoms with Crippen molar-refractivity contribution in [1.82, 2.24) is 0 Å². The molecular formula is C12H10ClFO2. The molecule has 0 spiro atoms. The zero-order chi connectivity index (χ0) is 11.6. The molecule has 2 nitrogen and oxygen atoms in total. The number of rotatable bonds is 2. The molecule has 1 atom stereocenters. The molecule has 0 saturated carbocycles. The molecule has 1 heterocycles. The van der Waals surface area contributed by atoms with Gasteiger partial charge in [-0.15, -0.1) is 0 Å². The summed E-state index contributed by atoms with van der Waals surface area (Å²) in [5.41, 5.74) is -1.18. The van der Waals surface area contributed by atoms with Gasteiger partial charge in [0.2, 0.25) is 5.60 Å². The molecule has 0 amide bonds. The van der Waals surface area contributed by atoms with Gasteiger partial charge in [-0.3, -0.25) is 4.79 Å². The first-order valence-electron chi connectivity index (χ1n) is 4.94. The van der Waals surface area contributed by atoms with Crippen molar-refractivity contribution >= 4 is 16.8 Å². The number of hydrogen-bond acceptors (Lipinski definition) is 2. The molecule has 0 aromatic heterocycles. The highest BCUT2D eigenvalue weighted by molar-refractivity contribution is 6.65. The van der Waals surface area contributed by atoms with Crippen LogP contribution < -0.4 is 0 Å². The molecule has 0 aliphatic carbocycles. The Morgan fingerprint density at radius 2 is 2.19 bits per heavy atom. The van der Waals surface area contributed by atoms with Crippen LogP contribution in [0.15, 0.2) is 36.6 Å². The van der Waals surface area contributed by atoms with E-state index in [1.165, 1.54) is 18.4 Å². The minimum absolute atomic E-state index is 0.194. The van der Waals surface area contributed by atoms with E-state index < -0.39 is 16.7 Å². The van der Waals surface area contributed by atoms with Gasteiger partial charge < -0.3 is 4.74 Å². The first-order valence-corrected chi connectivity index (χ1v) is 5.32. The number of allylic oxidation sites excluding steroid dienone is 1. The Morgan fingerprint density at radius 1 is 1.44 bits per heavy atom. The van der Waals surface area contributed by atoms with E-state index >= 15 is 0 Å². The van der Waals surface area contributed by atoms with Crippen molar-refractivity contribution in [1.29, 1.82) is 0 Å². The Labute approximate surface area is 97.7 Å². The fraction of sp³-hybridized carbons (Fsp3) is 0.250. The van der Waals surface area contributed by atoms with Crippen LogP contribution >= 0.6 is 11.6 Å². The van der Waals surface area contributed by atoms with Gasteiger partial charge in [0.05, 0.1) is 6.26 Å². The molecule has 0 saturated heterocycles. The second-order valence-corrected chi connectivity index (χ2v) is 3.95. The number of halogens is 2. The third-order valence-corrected chi connectivity index (χ3v) is 2.96. The Hall–Kier alpha value is -1.35. The first-order chi connectivity index (χ1) is 7.67. The molecular weight excluding hydrogens is 231 g/mol. The molecule has 0 fully saturated rings. The fourth-order valence-electron chi connectivity index (χ4n) is 1.82. The molecule has 1 aliphatic rings. The zero-order valence-corrected chi connectivity index (χ0v) is 9.21. The molecule has 2 rings (SSSR count). The maximum atomic E-state index is 13.7. The summed E-state index contributed by atoms with van der Waals surface area (Å²) in [6.07, 6.45) is 4.16. The Morgan fingerprint density at radius 3 is 2.75 bits per heavy atom. The van der Waals surface area contributed by atoms with Gasteiger partial charge in [-0.2, -0.15) is 0 Å². The number of carbonyl (C=O) groups excluding carboxylic acids is 1. The summed E-state index contributed by atoms with van der Waals surface area (Å²) in [6.45, 7) is 0. The van der Waals surface area contributed by atoms with Crippen molar-refractivity contribution in [2.24, 2.45) is 0 Å². The molecule has 0 bridgehead atoms. The lowest BCUT2D eigenvalue weighted by atomic mass is 9.88. The highest BCUT2D eigenvalue weighted by Crippen LogP contribution is 2.37. The predicted molar refractivity (Wildman–Crippen MR) is 58.4 cm³/mol. The van der Waals surface area contributed by atoms with Crippen LogP contribution in [0.2, 0.25) is 0 Å². The Bertz CT molecular complexity index is 444. The summed E-state index contributed by atoms with van der Waals surface area (Å²) >= 11 is 5.56. The van der Waals surface area contributed by atoms with Crippen LogP contribution in [-0.2, 0) is 15.1 Å². The van der Waals surface area contributed by atoms with Crippen molar-refractivity contribution < 1.29 is 13.9 Å². The third-order valence-electron chi connectivity index (χ3n) is 2.65. The molecule has 1 aromatic rings. The Balaban J connectivity index is 2.52. The number of ether oxygens (including phenoxy) is 1. The van der Waals surface area contributed by atoms with E-state index in [2.05, 4.69) is 0 Å². The van der Waals surface area contributed by atoms with E-state index in [0.717, 1.165) is 0 Å². The summed E-state index contributed by atoms with van der Waals surface area (Å²) in [7, 11) is 0. The van der Waals surface area contributed by atoms with E-state index in [-0.39, 0.29) is 5.56 Å². The SMILES string of the molecule is O=C(Cl)[C@@]1(c2ccccc2F)CCC=CO1. The molecule has 4 heteroatoms. The van der Waals surface area contributed by atoms with Gasteiger partial charge in [0, 0.05) is 12.0 Å². The van der Waals surface area contributed by atoms with Gasteiger partial charge in [0.15, 0.2) is 0 Å². The maximum Gasteiger partial charge on any atom is 0.270 e. The molecule has 1 aliphatic heterocycles. The molecule has 16 heavy (non-hydrogen) atoms. The van der Waals surface area contributed by atoms with E-state index in [0.29, 0.717) is 12.8 Å². The third kappa shape index (κ3) is 1.71. The number of carbonyl (C=O) groups is 1. The fourth-order valence-corrected chi connectivity index (χ4v) is 2.06. The van der Waals surface area contributed by atoms with Crippen LogP contribution in [-0.4, -0.2) is 5.24 Å². The highest BCUT2D eigenvalue weighted by Gasteiger charge is 2.43. The van der Waals surface area contributed by atoms with Crippen molar-refractivity contribution in [3.05, 3.63) is 48.0 Å². The van der Waals surface area contributed by atoms with Crippen LogP contribution in [0.4, 0.5) is 4.39 Å². The molecule has 0 radical (unpaired) electrons. The van der Waals surface area contributed by atoms with Crippen LogP contribution in [0.25, 0.3) is 0 Å². The molecule has 84 valence electrons. The van der Waals surface area contributed by atoms with Gasteiger partial charge in [-0.1, -0.05) is 18.2 Å². The number of hydrogen-bond donors (Lipinski definition) is 0. The summed E-state index contributed by atoms with van der Waals surface area (Å²) in [5.74, 6) is -0.480. The van der Waals surface area contributed by atoms with E-state index in [4.69, 9.17) is 16.3 Å². The highest BCUT2D eigenvalue weighted by atomic mass is 35.5. The summed E-state index contributed by atoms with van der Waals surface area (Å²) in [4.78, 5) is 11.5. The minimum Gasteiger partial charge on any atom is -0.481 e. The van der Waals surface area contributed by atoms with E-state index in [1.54, 1.807) is 18.2 Å².